The molecule has 0 aliphatic heterocycles. The number of anilines is 1. The second-order valence-electron chi connectivity index (χ2n) is 5.31. The molecule has 3 aromatic heterocycles. The van der Waals surface area contributed by atoms with Gasteiger partial charge in [-0.25, -0.2) is 0 Å². The third-order valence-corrected chi connectivity index (χ3v) is 4.66. The number of amides is 1. The van der Waals surface area contributed by atoms with Crippen molar-refractivity contribution in [3.8, 4) is 0 Å². The first-order chi connectivity index (χ1) is 9.99. The van der Waals surface area contributed by atoms with Gasteiger partial charge in [0.1, 0.15) is 4.83 Å². The van der Waals surface area contributed by atoms with E-state index in [9.17, 15) is 4.79 Å². The SMILES string of the molecule is CC(C)c1nn(C)c2sc(C(=O)N(C)c3cn[nH]c3)cc12. The number of H-pyrrole nitrogens is 1. The van der Waals surface area contributed by atoms with Gasteiger partial charge in [0, 0.05) is 25.7 Å². The summed E-state index contributed by atoms with van der Waals surface area (Å²) in [7, 11) is 3.66. The highest BCUT2D eigenvalue weighted by molar-refractivity contribution is 7.20. The molecule has 0 unspecified atom stereocenters. The van der Waals surface area contributed by atoms with Crippen molar-refractivity contribution in [3.63, 3.8) is 0 Å². The van der Waals surface area contributed by atoms with Crippen LogP contribution in [0.1, 0.15) is 35.1 Å². The highest BCUT2D eigenvalue weighted by Crippen LogP contribution is 2.32. The lowest BCUT2D eigenvalue weighted by Gasteiger charge is -2.13. The highest BCUT2D eigenvalue weighted by Gasteiger charge is 2.21. The van der Waals surface area contributed by atoms with Gasteiger partial charge in [0.25, 0.3) is 5.91 Å². The molecule has 3 aromatic rings. The fraction of sp³-hybridized carbons (Fsp3) is 0.357. The first kappa shape index (κ1) is 13.8. The van der Waals surface area contributed by atoms with Gasteiger partial charge in [-0.15, -0.1) is 11.3 Å². The van der Waals surface area contributed by atoms with Gasteiger partial charge in [0.05, 0.1) is 22.5 Å². The van der Waals surface area contributed by atoms with Crippen LogP contribution in [0.3, 0.4) is 0 Å². The number of aryl methyl sites for hydroxylation is 1. The lowest BCUT2D eigenvalue weighted by atomic mass is 10.1. The number of hydrogen-bond acceptors (Lipinski definition) is 4. The zero-order valence-corrected chi connectivity index (χ0v) is 13.2. The maximum Gasteiger partial charge on any atom is 0.268 e. The molecule has 0 saturated heterocycles. The molecule has 3 heterocycles. The van der Waals surface area contributed by atoms with Gasteiger partial charge < -0.3 is 4.90 Å². The lowest BCUT2D eigenvalue weighted by Crippen LogP contribution is -2.24. The third kappa shape index (κ3) is 2.23. The van der Waals surface area contributed by atoms with Crippen LogP contribution in [0.15, 0.2) is 18.5 Å². The minimum absolute atomic E-state index is 0.0349. The van der Waals surface area contributed by atoms with E-state index in [2.05, 4.69) is 29.1 Å². The second kappa shape index (κ2) is 5.00. The number of aromatic nitrogens is 4. The maximum atomic E-state index is 12.6. The minimum atomic E-state index is -0.0349. The molecule has 0 bridgehead atoms. The summed E-state index contributed by atoms with van der Waals surface area (Å²) in [6.45, 7) is 4.22. The molecule has 1 amide bonds. The number of carbonyl (C=O) groups is 1. The van der Waals surface area contributed by atoms with Crippen molar-refractivity contribution in [3.05, 3.63) is 29.0 Å². The number of hydrogen-bond donors (Lipinski definition) is 1. The predicted octanol–water partition coefficient (Wildman–Crippen LogP) is 2.76. The van der Waals surface area contributed by atoms with Crippen LogP contribution in [0.2, 0.25) is 0 Å². The first-order valence-electron chi connectivity index (χ1n) is 6.72. The number of thiophene rings is 1. The van der Waals surface area contributed by atoms with Gasteiger partial charge in [0.2, 0.25) is 0 Å². The summed E-state index contributed by atoms with van der Waals surface area (Å²) in [6, 6.07) is 1.95. The van der Waals surface area contributed by atoms with Crippen LogP contribution in [0.5, 0.6) is 0 Å². The average molecular weight is 303 g/mol. The molecule has 110 valence electrons. The molecule has 0 spiro atoms. The van der Waals surface area contributed by atoms with E-state index >= 15 is 0 Å². The normalized spacial score (nSPS) is 11.5. The van der Waals surface area contributed by atoms with E-state index in [1.165, 1.54) is 11.3 Å². The highest BCUT2D eigenvalue weighted by atomic mass is 32.1. The van der Waals surface area contributed by atoms with Gasteiger partial charge in [-0.2, -0.15) is 10.2 Å². The molecule has 3 rings (SSSR count). The van der Waals surface area contributed by atoms with E-state index in [1.807, 2.05) is 17.8 Å². The number of nitrogens with zero attached hydrogens (tertiary/aromatic N) is 4. The maximum absolute atomic E-state index is 12.6. The summed E-state index contributed by atoms with van der Waals surface area (Å²) < 4.78 is 1.85. The molecule has 7 heteroatoms. The van der Waals surface area contributed by atoms with Gasteiger partial charge in [-0.1, -0.05) is 13.8 Å². The van der Waals surface area contributed by atoms with Crippen LogP contribution in [-0.4, -0.2) is 32.9 Å². The van der Waals surface area contributed by atoms with Crippen molar-refractivity contribution in [1.82, 2.24) is 20.0 Å². The Bertz CT molecular complexity index is 784. The molecule has 0 saturated carbocycles. The van der Waals surface area contributed by atoms with E-state index < -0.39 is 0 Å². The monoisotopic (exact) mass is 303 g/mol. The van der Waals surface area contributed by atoms with Crippen LogP contribution in [0, 0.1) is 0 Å². The quantitative estimate of drug-likeness (QED) is 0.809. The van der Waals surface area contributed by atoms with E-state index in [0.717, 1.165) is 21.6 Å². The fourth-order valence-electron chi connectivity index (χ4n) is 2.31. The van der Waals surface area contributed by atoms with Crippen LogP contribution >= 0.6 is 11.3 Å². The molecule has 0 radical (unpaired) electrons. The van der Waals surface area contributed by atoms with Crippen molar-refractivity contribution < 1.29 is 4.79 Å². The van der Waals surface area contributed by atoms with Crippen LogP contribution in [-0.2, 0) is 7.05 Å². The Kier molecular flexibility index (Phi) is 3.29. The molecular formula is C14H17N5OS. The second-order valence-corrected chi connectivity index (χ2v) is 6.34. The Labute approximate surface area is 126 Å². The molecular weight excluding hydrogens is 286 g/mol. The smallest absolute Gasteiger partial charge is 0.268 e. The Hall–Kier alpha value is -2.15. The molecule has 0 aliphatic carbocycles. The number of carbonyl (C=O) groups excluding carboxylic acids is 1. The summed E-state index contributed by atoms with van der Waals surface area (Å²) in [5, 5.41) is 12.2. The van der Waals surface area contributed by atoms with Gasteiger partial charge in [-0.3, -0.25) is 14.6 Å². The minimum Gasteiger partial charge on any atom is -0.308 e. The number of aromatic amines is 1. The fourth-order valence-corrected chi connectivity index (χ4v) is 3.36. The van der Waals surface area contributed by atoms with Crippen molar-refractivity contribution in [2.75, 3.05) is 11.9 Å². The molecule has 0 aromatic carbocycles. The van der Waals surface area contributed by atoms with Crippen molar-refractivity contribution in [1.29, 1.82) is 0 Å². The number of rotatable bonds is 3. The van der Waals surface area contributed by atoms with E-state index in [1.54, 1.807) is 24.3 Å². The third-order valence-electron chi connectivity index (χ3n) is 3.47. The van der Waals surface area contributed by atoms with Crippen molar-refractivity contribution >= 4 is 33.1 Å². The predicted molar refractivity (Wildman–Crippen MR) is 84.0 cm³/mol. The summed E-state index contributed by atoms with van der Waals surface area (Å²) in [4.78, 5) is 15.9. The zero-order valence-electron chi connectivity index (χ0n) is 12.4. The van der Waals surface area contributed by atoms with Gasteiger partial charge >= 0.3 is 0 Å². The first-order valence-corrected chi connectivity index (χ1v) is 7.54. The topological polar surface area (TPSA) is 66.8 Å². The van der Waals surface area contributed by atoms with E-state index in [4.69, 9.17) is 0 Å². The lowest BCUT2D eigenvalue weighted by molar-refractivity contribution is 0.0997. The summed E-state index contributed by atoms with van der Waals surface area (Å²) in [5.74, 6) is 0.296. The van der Waals surface area contributed by atoms with Crippen LogP contribution in [0.25, 0.3) is 10.2 Å². The Morgan fingerprint density at radius 1 is 1.48 bits per heavy atom. The van der Waals surface area contributed by atoms with Crippen molar-refractivity contribution in [2.45, 2.75) is 19.8 Å². The van der Waals surface area contributed by atoms with E-state index in [-0.39, 0.29) is 5.91 Å². The molecule has 0 fully saturated rings. The summed E-state index contributed by atoms with van der Waals surface area (Å²) in [6.07, 6.45) is 3.33. The number of fused-ring (bicyclic) bond motifs is 1. The Morgan fingerprint density at radius 3 is 2.86 bits per heavy atom. The zero-order chi connectivity index (χ0) is 15.1. The van der Waals surface area contributed by atoms with Gasteiger partial charge in [0.15, 0.2) is 0 Å². The Balaban J connectivity index is 2.01. The van der Waals surface area contributed by atoms with Crippen LogP contribution in [0.4, 0.5) is 5.69 Å². The Morgan fingerprint density at radius 2 is 2.24 bits per heavy atom. The molecule has 6 nitrogen and oxygen atoms in total. The van der Waals surface area contributed by atoms with Crippen molar-refractivity contribution in [2.24, 2.45) is 7.05 Å². The van der Waals surface area contributed by atoms with Gasteiger partial charge in [-0.05, 0) is 12.0 Å². The standard InChI is InChI=1S/C14H17N5OS/c1-8(2)12-10-5-11(21-14(10)19(4)17-12)13(20)18(3)9-6-15-16-7-9/h5-8H,1-4H3,(H,15,16). The average Bonchev–Trinajstić information content (AvgIpc) is 3.14. The summed E-state index contributed by atoms with van der Waals surface area (Å²) >= 11 is 1.47. The van der Waals surface area contributed by atoms with Crippen LogP contribution < -0.4 is 4.90 Å². The van der Waals surface area contributed by atoms with E-state index in [0.29, 0.717) is 10.8 Å². The largest absolute Gasteiger partial charge is 0.308 e. The number of nitrogens with one attached hydrogen (secondary N) is 1. The summed E-state index contributed by atoms with van der Waals surface area (Å²) in [5.41, 5.74) is 1.79. The molecule has 0 aliphatic rings. The molecule has 0 atom stereocenters. The molecule has 21 heavy (non-hydrogen) atoms. The molecule has 1 N–H and O–H groups in total.